The lowest BCUT2D eigenvalue weighted by Gasteiger charge is -2.35. The van der Waals surface area contributed by atoms with E-state index >= 15 is 0 Å². The van der Waals surface area contributed by atoms with E-state index in [0.717, 1.165) is 79.1 Å². The third kappa shape index (κ3) is 5.85. The fraction of sp³-hybridized carbons (Fsp3) is 0.483. The quantitative estimate of drug-likeness (QED) is 0.491. The number of rotatable bonds is 5. The van der Waals surface area contributed by atoms with Crippen molar-refractivity contribution in [3.63, 3.8) is 0 Å². The van der Waals surface area contributed by atoms with Gasteiger partial charge in [0.1, 0.15) is 0 Å². The van der Waals surface area contributed by atoms with Gasteiger partial charge in [0.25, 0.3) is 5.91 Å². The highest BCUT2D eigenvalue weighted by molar-refractivity contribution is 5.96. The summed E-state index contributed by atoms with van der Waals surface area (Å²) in [6.07, 6.45) is 5.94. The van der Waals surface area contributed by atoms with Crippen molar-refractivity contribution in [1.82, 2.24) is 19.6 Å². The molecule has 1 amide bonds. The molecule has 35 heavy (non-hydrogen) atoms. The number of nitriles is 1. The first-order valence-corrected chi connectivity index (χ1v) is 12.8. The average molecular weight is 474 g/mol. The molecular weight excluding hydrogens is 434 g/mol. The molecule has 1 aromatic carbocycles. The summed E-state index contributed by atoms with van der Waals surface area (Å²) in [5, 5.41) is 14.1. The molecule has 2 aromatic rings. The molecule has 2 atom stereocenters. The fourth-order valence-electron chi connectivity index (χ4n) is 4.87. The Bertz CT molecular complexity index is 1120. The van der Waals surface area contributed by atoms with Crippen molar-refractivity contribution in [3.05, 3.63) is 70.7 Å². The van der Waals surface area contributed by atoms with Crippen LogP contribution in [-0.2, 0) is 0 Å². The van der Waals surface area contributed by atoms with Crippen LogP contribution in [0.15, 0.2) is 48.2 Å². The number of allylic oxidation sites excluding steroid dienone is 1. The first-order valence-electron chi connectivity index (χ1n) is 12.8. The zero-order valence-corrected chi connectivity index (χ0v) is 21.9. The lowest BCUT2D eigenvalue weighted by molar-refractivity contribution is 0.0605. The van der Waals surface area contributed by atoms with Crippen LogP contribution in [0.4, 0.5) is 0 Å². The van der Waals surface area contributed by atoms with Crippen LogP contribution in [0.3, 0.4) is 0 Å². The number of carbonyl (C=O) groups excluding carboxylic acids is 1. The van der Waals surface area contributed by atoms with Gasteiger partial charge in [0.05, 0.1) is 23.7 Å². The minimum Gasteiger partial charge on any atom is -0.370 e. The molecule has 1 aromatic heterocycles. The van der Waals surface area contributed by atoms with E-state index in [4.69, 9.17) is 5.10 Å². The molecular formula is C29H39N5O. The Kier molecular flexibility index (Phi) is 8.92. The SMILES string of the molecule is C=C(/C(C)=C\n1nc([C@@H]2CCCCN2C(=O)c2ccccc2C)cc1C)N1CCC(C#N)C1.CC. The summed E-state index contributed by atoms with van der Waals surface area (Å²) < 4.78 is 1.90. The summed E-state index contributed by atoms with van der Waals surface area (Å²) in [6.45, 7) is 16.7. The number of likely N-dealkylation sites (tertiary alicyclic amines) is 2. The van der Waals surface area contributed by atoms with Gasteiger partial charge < -0.3 is 9.80 Å². The molecule has 6 nitrogen and oxygen atoms in total. The number of carbonyl (C=O) groups is 1. The number of amides is 1. The van der Waals surface area contributed by atoms with Crippen LogP contribution in [0.2, 0.25) is 0 Å². The number of benzene rings is 1. The van der Waals surface area contributed by atoms with Crippen molar-refractivity contribution < 1.29 is 4.79 Å². The summed E-state index contributed by atoms with van der Waals surface area (Å²) in [7, 11) is 0. The molecule has 2 saturated heterocycles. The third-order valence-corrected chi connectivity index (χ3v) is 6.95. The lowest BCUT2D eigenvalue weighted by Crippen LogP contribution is -2.39. The number of piperidine rings is 1. The Morgan fingerprint density at radius 1 is 1.17 bits per heavy atom. The molecule has 4 rings (SSSR count). The second-order valence-electron chi connectivity index (χ2n) is 9.30. The second-order valence-corrected chi connectivity index (χ2v) is 9.30. The van der Waals surface area contributed by atoms with Crippen LogP contribution in [0.5, 0.6) is 0 Å². The maximum absolute atomic E-state index is 13.4. The van der Waals surface area contributed by atoms with Gasteiger partial charge in [-0.15, -0.1) is 0 Å². The predicted octanol–water partition coefficient (Wildman–Crippen LogP) is 6.11. The molecule has 6 heteroatoms. The molecule has 0 saturated carbocycles. The molecule has 0 bridgehead atoms. The normalized spacial score (nSPS) is 20.2. The maximum Gasteiger partial charge on any atom is 0.254 e. The maximum atomic E-state index is 13.4. The van der Waals surface area contributed by atoms with Crippen LogP contribution in [0.25, 0.3) is 6.20 Å². The van der Waals surface area contributed by atoms with E-state index in [1.165, 1.54) is 0 Å². The van der Waals surface area contributed by atoms with E-state index in [1.807, 2.05) is 74.7 Å². The highest BCUT2D eigenvalue weighted by Crippen LogP contribution is 2.32. The van der Waals surface area contributed by atoms with E-state index < -0.39 is 0 Å². The Labute approximate surface area is 210 Å². The minimum atomic E-state index is -0.0160. The van der Waals surface area contributed by atoms with Crippen molar-refractivity contribution in [1.29, 1.82) is 5.26 Å². The Balaban J connectivity index is 0.00000167. The Morgan fingerprint density at radius 2 is 1.91 bits per heavy atom. The summed E-state index contributed by atoms with van der Waals surface area (Å²) in [5.41, 5.74) is 5.72. The van der Waals surface area contributed by atoms with Gasteiger partial charge in [0.2, 0.25) is 0 Å². The molecule has 0 spiro atoms. The number of hydrogen-bond donors (Lipinski definition) is 0. The number of aryl methyl sites for hydroxylation is 2. The zero-order chi connectivity index (χ0) is 25.5. The lowest BCUT2D eigenvalue weighted by atomic mass is 9.97. The van der Waals surface area contributed by atoms with Crippen LogP contribution in [0.1, 0.15) is 79.8 Å². The smallest absolute Gasteiger partial charge is 0.254 e. The summed E-state index contributed by atoms with van der Waals surface area (Å²) >= 11 is 0. The third-order valence-electron chi connectivity index (χ3n) is 6.95. The summed E-state index contributed by atoms with van der Waals surface area (Å²) in [6, 6.07) is 12.3. The molecule has 0 aliphatic carbocycles. The second kappa shape index (κ2) is 11.9. The Morgan fingerprint density at radius 3 is 2.60 bits per heavy atom. The van der Waals surface area contributed by atoms with Crippen LogP contribution >= 0.6 is 0 Å². The highest BCUT2D eigenvalue weighted by atomic mass is 16.2. The van der Waals surface area contributed by atoms with Crippen molar-refractivity contribution in [2.45, 2.75) is 66.3 Å². The van der Waals surface area contributed by atoms with Gasteiger partial charge in [-0.25, -0.2) is 4.68 Å². The summed E-state index contributed by atoms with van der Waals surface area (Å²) in [4.78, 5) is 17.6. The fourth-order valence-corrected chi connectivity index (χ4v) is 4.87. The van der Waals surface area contributed by atoms with E-state index in [0.29, 0.717) is 0 Å². The van der Waals surface area contributed by atoms with E-state index in [9.17, 15) is 10.1 Å². The van der Waals surface area contributed by atoms with Gasteiger partial charge in [-0.2, -0.15) is 10.4 Å². The molecule has 1 unspecified atom stereocenters. The first kappa shape index (κ1) is 26.3. The van der Waals surface area contributed by atoms with E-state index in [2.05, 4.69) is 23.6 Å². The Hall–Kier alpha value is -3.33. The van der Waals surface area contributed by atoms with Gasteiger partial charge in [0, 0.05) is 42.8 Å². The van der Waals surface area contributed by atoms with Crippen LogP contribution in [0, 0.1) is 31.1 Å². The first-order chi connectivity index (χ1) is 16.9. The van der Waals surface area contributed by atoms with Gasteiger partial charge in [-0.05, 0) is 69.7 Å². The van der Waals surface area contributed by atoms with Crippen LogP contribution < -0.4 is 0 Å². The van der Waals surface area contributed by atoms with E-state index in [1.54, 1.807) is 0 Å². The number of aromatic nitrogens is 2. The van der Waals surface area contributed by atoms with Gasteiger partial charge >= 0.3 is 0 Å². The molecule has 186 valence electrons. The molecule has 2 aliphatic rings. The topological polar surface area (TPSA) is 65.2 Å². The van der Waals surface area contributed by atoms with Gasteiger partial charge in [-0.1, -0.05) is 38.6 Å². The molecule has 2 aliphatic heterocycles. The minimum absolute atomic E-state index is 0.0160. The average Bonchev–Trinajstić information content (AvgIpc) is 3.51. The van der Waals surface area contributed by atoms with Crippen LogP contribution in [-0.4, -0.2) is 45.1 Å². The van der Waals surface area contributed by atoms with Crippen molar-refractivity contribution in [2.75, 3.05) is 19.6 Å². The monoisotopic (exact) mass is 473 g/mol. The molecule has 0 radical (unpaired) electrons. The largest absolute Gasteiger partial charge is 0.370 e. The van der Waals surface area contributed by atoms with Gasteiger partial charge in [0.15, 0.2) is 0 Å². The number of nitrogens with zero attached hydrogens (tertiary/aromatic N) is 5. The zero-order valence-electron chi connectivity index (χ0n) is 21.9. The highest BCUT2D eigenvalue weighted by Gasteiger charge is 2.31. The van der Waals surface area contributed by atoms with Crippen molar-refractivity contribution >= 4 is 12.1 Å². The molecule has 3 heterocycles. The van der Waals surface area contributed by atoms with Crippen molar-refractivity contribution in [2.24, 2.45) is 5.92 Å². The molecule has 0 N–H and O–H groups in total. The predicted molar refractivity (Wildman–Crippen MR) is 141 cm³/mol. The van der Waals surface area contributed by atoms with Gasteiger partial charge in [-0.3, -0.25) is 4.79 Å². The standard InChI is InChI=1S/C27H33N5O.C2H6/c1-19-9-5-6-10-24(19)27(33)31-13-8-7-11-26(31)25-15-21(3)32(29-25)17-20(2)22(4)30-14-12-23(16-28)18-30;1-2/h5-6,9-10,15,17,23,26H,4,7-8,11-14,18H2,1-3H3;1-2H3/b20-17-;/t23?,26-;/m0./s1. The summed E-state index contributed by atoms with van der Waals surface area (Å²) in [5.74, 6) is 0.168. The van der Waals surface area contributed by atoms with Crippen molar-refractivity contribution in [3.8, 4) is 6.07 Å². The van der Waals surface area contributed by atoms with E-state index in [-0.39, 0.29) is 17.9 Å². The number of hydrogen-bond acceptors (Lipinski definition) is 4. The molecule has 2 fully saturated rings.